The molecule has 0 aliphatic heterocycles. The molecular formula is C12H8BrN3S. The van der Waals surface area contributed by atoms with Gasteiger partial charge in [0.15, 0.2) is 0 Å². The Morgan fingerprint density at radius 2 is 2.12 bits per heavy atom. The Morgan fingerprint density at radius 1 is 1.35 bits per heavy atom. The molecule has 17 heavy (non-hydrogen) atoms. The maximum Gasteiger partial charge on any atom is 0.126 e. The molecule has 3 nitrogen and oxygen atoms in total. The summed E-state index contributed by atoms with van der Waals surface area (Å²) in [4.78, 5) is 9.33. The zero-order valence-electron chi connectivity index (χ0n) is 9.01. The van der Waals surface area contributed by atoms with Crippen molar-refractivity contribution in [3.05, 3.63) is 46.3 Å². The van der Waals surface area contributed by atoms with Gasteiger partial charge in [0.1, 0.15) is 22.5 Å². The summed E-state index contributed by atoms with van der Waals surface area (Å²) in [6.07, 6.45) is 1.56. The van der Waals surface area contributed by atoms with Crippen molar-refractivity contribution in [2.75, 3.05) is 0 Å². The summed E-state index contributed by atoms with van der Waals surface area (Å²) >= 11 is 4.93. The Balaban J connectivity index is 2.40. The summed E-state index contributed by atoms with van der Waals surface area (Å²) < 4.78 is 0.991. The molecule has 2 aromatic rings. The predicted octanol–water partition coefficient (Wildman–Crippen LogP) is 3.57. The van der Waals surface area contributed by atoms with Crippen molar-refractivity contribution in [2.45, 2.75) is 16.8 Å². The first-order chi connectivity index (χ1) is 8.20. The molecular weight excluding hydrogens is 298 g/mol. The van der Waals surface area contributed by atoms with Gasteiger partial charge in [0.2, 0.25) is 0 Å². The Morgan fingerprint density at radius 3 is 2.82 bits per heavy atom. The van der Waals surface area contributed by atoms with Crippen LogP contribution in [-0.2, 0) is 0 Å². The fraction of sp³-hybridized carbons (Fsp3) is 0.0833. The van der Waals surface area contributed by atoms with Gasteiger partial charge in [-0.2, -0.15) is 5.26 Å². The molecule has 0 unspecified atom stereocenters. The Labute approximate surface area is 112 Å². The van der Waals surface area contributed by atoms with Crippen molar-refractivity contribution in [3.63, 3.8) is 0 Å². The molecule has 0 amide bonds. The molecule has 1 aromatic carbocycles. The first-order valence-electron chi connectivity index (χ1n) is 4.87. The van der Waals surface area contributed by atoms with Crippen molar-refractivity contribution in [1.29, 1.82) is 5.26 Å². The first-order valence-corrected chi connectivity index (χ1v) is 6.48. The predicted molar refractivity (Wildman–Crippen MR) is 69.7 cm³/mol. The van der Waals surface area contributed by atoms with E-state index < -0.39 is 0 Å². The van der Waals surface area contributed by atoms with Crippen LogP contribution in [-0.4, -0.2) is 9.97 Å². The maximum absolute atomic E-state index is 9.00. The van der Waals surface area contributed by atoms with Crippen LogP contribution in [0.4, 0.5) is 0 Å². The molecule has 0 atom stereocenters. The topological polar surface area (TPSA) is 49.6 Å². The zero-order valence-corrected chi connectivity index (χ0v) is 11.4. The van der Waals surface area contributed by atoms with Gasteiger partial charge in [-0.15, -0.1) is 0 Å². The van der Waals surface area contributed by atoms with Crippen LogP contribution in [0.1, 0.15) is 11.4 Å². The van der Waals surface area contributed by atoms with E-state index in [2.05, 4.69) is 32.0 Å². The molecule has 0 N–H and O–H groups in total. The molecule has 84 valence electrons. The van der Waals surface area contributed by atoms with Gasteiger partial charge in [-0.05, 0) is 35.0 Å². The van der Waals surface area contributed by atoms with Crippen molar-refractivity contribution < 1.29 is 0 Å². The number of nitrogens with zero attached hydrogens (tertiary/aromatic N) is 3. The van der Waals surface area contributed by atoms with Gasteiger partial charge in [0.05, 0.1) is 0 Å². The molecule has 0 aliphatic carbocycles. The summed E-state index contributed by atoms with van der Waals surface area (Å²) in [5, 5.41) is 9.69. The number of aryl methyl sites for hydroxylation is 1. The van der Waals surface area contributed by atoms with E-state index in [0.29, 0.717) is 16.4 Å². The van der Waals surface area contributed by atoms with Gasteiger partial charge in [-0.3, -0.25) is 0 Å². The van der Waals surface area contributed by atoms with Crippen molar-refractivity contribution in [1.82, 2.24) is 9.97 Å². The quantitative estimate of drug-likeness (QED) is 0.796. The molecule has 2 rings (SSSR count). The van der Waals surface area contributed by atoms with Crippen LogP contribution < -0.4 is 0 Å². The van der Waals surface area contributed by atoms with Gasteiger partial charge in [0.25, 0.3) is 0 Å². The minimum Gasteiger partial charge on any atom is -0.240 e. The molecule has 5 heteroatoms. The SMILES string of the molecule is Cc1ncc(C#N)c(Sc2ccccc2Br)n1. The molecule has 0 radical (unpaired) electrons. The fourth-order valence-corrected chi connectivity index (χ4v) is 2.67. The van der Waals surface area contributed by atoms with Crippen LogP contribution in [0.25, 0.3) is 0 Å². The lowest BCUT2D eigenvalue weighted by Crippen LogP contribution is -1.93. The fourth-order valence-electron chi connectivity index (χ4n) is 1.24. The van der Waals surface area contributed by atoms with Crippen molar-refractivity contribution >= 4 is 27.7 Å². The lowest BCUT2D eigenvalue weighted by atomic mass is 10.4. The van der Waals surface area contributed by atoms with E-state index in [1.54, 1.807) is 6.20 Å². The van der Waals surface area contributed by atoms with Gasteiger partial charge >= 0.3 is 0 Å². The molecule has 0 saturated heterocycles. The third kappa shape index (κ3) is 2.84. The monoisotopic (exact) mass is 305 g/mol. The van der Waals surface area contributed by atoms with Crippen LogP contribution in [0.5, 0.6) is 0 Å². The smallest absolute Gasteiger partial charge is 0.126 e. The average Bonchev–Trinajstić information content (AvgIpc) is 2.32. The number of hydrogen-bond donors (Lipinski definition) is 0. The second-order valence-electron chi connectivity index (χ2n) is 3.28. The van der Waals surface area contributed by atoms with E-state index in [4.69, 9.17) is 5.26 Å². The second-order valence-corrected chi connectivity index (χ2v) is 5.17. The number of benzene rings is 1. The molecule has 0 saturated carbocycles. The Hall–Kier alpha value is -1.38. The largest absolute Gasteiger partial charge is 0.240 e. The van der Waals surface area contributed by atoms with E-state index in [0.717, 1.165) is 9.37 Å². The van der Waals surface area contributed by atoms with Crippen LogP contribution in [0.15, 0.2) is 44.9 Å². The zero-order chi connectivity index (χ0) is 12.3. The van der Waals surface area contributed by atoms with Crippen LogP contribution >= 0.6 is 27.7 Å². The molecule has 1 heterocycles. The van der Waals surface area contributed by atoms with E-state index in [1.165, 1.54) is 11.8 Å². The molecule has 0 bridgehead atoms. The Kier molecular flexibility index (Phi) is 3.77. The summed E-state index contributed by atoms with van der Waals surface area (Å²) in [6.45, 7) is 1.81. The number of hydrogen-bond acceptors (Lipinski definition) is 4. The lowest BCUT2D eigenvalue weighted by molar-refractivity contribution is 0.955. The summed E-state index contributed by atoms with van der Waals surface area (Å²) in [5.41, 5.74) is 0.497. The third-order valence-electron chi connectivity index (χ3n) is 2.04. The van der Waals surface area contributed by atoms with E-state index in [1.807, 2.05) is 31.2 Å². The lowest BCUT2D eigenvalue weighted by Gasteiger charge is -2.05. The highest BCUT2D eigenvalue weighted by atomic mass is 79.9. The van der Waals surface area contributed by atoms with Crippen LogP contribution in [0, 0.1) is 18.3 Å². The number of nitriles is 1. The van der Waals surface area contributed by atoms with Crippen molar-refractivity contribution in [2.24, 2.45) is 0 Å². The number of halogens is 1. The second kappa shape index (κ2) is 5.30. The molecule has 1 aromatic heterocycles. The highest BCUT2D eigenvalue weighted by Gasteiger charge is 2.09. The van der Waals surface area contributed by atoms with Gasteiger partial charge in [0, 0.05) is 15.6 Å². The molecule has 0 aliphatic rings. The van der Waals surface area contributed by atoms with Crippen LogP contribution in [0.2, 0.25) is 0 Å². The maximum atomic E-state index is 9.00. The van der Waals surface area contributed by atoms with Gasteiger partial charge in [-0.1, -0.05) is 23.9 Å². The third-order valence-corrected chi connectivity index (χ3v) is 4.07. The van der Waals surface area contributed by atoms with E-state index in [-0.39, 0.29) is 0 Å². The highest BCUT2D eigenvalue weighted by Crippen LogP contribution is 2.33. The number of rotatable bonds is 2. The summed E-state index contributed by atoms with van der Waals surface area (Å²) in [6, 6.07) is 9.94. The van der Waals surface area contributed by atoms with E-state index >= 15 is 0 Å². The van der Waals surface area contributed by atoms with Crippen LogP contribution in [0.3, 0.4) is 0 Å². The number of aromatic nitrogens is 2. The highest BCUT2D eigenvalue weighted by molar-refractivity contribution is 9.10. The molecule has 0 fully saturated rings. The minimum absolute atomic E-state index is 0.497. The summed E-state index contributed by atoms with van der Waals surface area (Å²) in [5.74, 6) is 0.665. The summed E-state index contributed by atoms with van der Waals surface area (Å²) in [7, 11) is 0. The average molecular weight is 306 g/mol. The standard InChI is InChI=1S/C12H8BrN3S/c1-8-15-7-9(6-14)12(16-8)17-11-5-3-2-4-10(11)13/h2-5,7H,1H3. The normalized spacial score (nSPS) is 9.94. The Bertz CT molecular complexity index is 593. The minimum atomic E-state index is 0.497. The van der Waals surface area contributed by atoms with Gasteiger partial charge in [-0.25, -0.2) is 9.97 Å². The van der Waals surface area contributed by atoms with Crippen molar-refractivity contribution in [3.8, 4) is 6.07 Å². The van der Waals surface area contributed by atoms with E-state index in [9.17, 15) is 0 Å². The molecule has 0 spiro atoms. The first kappa shape index (κ1) is 12.1. The van der Waals surface area contributed by atoms with Gasteiger partial charge < -0.3 is 0 Å².